The third-order valence-electron chi connectivity index (χ3n) is 3.79. The third-order valence-corrected chi connectivity index (χ3v) is 3.79. The number of rotatable bonds is 5. The quantitative estimate of drug-likeness (QED) is 0.604. The molecule has 1 aliphatic carbocycles. The van der Waals surface area contributed by atoms with Gasteiger partial charge >= 0.3 is 0 Å². The standard InChI is InChI=1S/C12H26N2O/c1-11(2)4-6-12(10-13,7-5-11)14-8-3-9-15/h14-15H,3-10,13H2,1-2H3. The highest BCUT2D eigenvalue weighted by molar-refractivity contribution is 4.95. The summed E-state index contributed by atoms with van der Waals surface area (Å²) in [7, 11) is 0. The molecule has 1 rings (SSSR count). The van der Waals surface area contributed by atoms with E-state index in [1.165, 1.54) is 25.7 Å². The van der Waals surface area contributed by atoms with Crippen LogP contribution in [0.4, 0.5) is 0 Å². The first-order valence-corrected chi connectivity index (χ1v) is 6.10. The summed E-state index contributed by atoms with van der Waals surface area (Å²) in [5.74, 6) is 0. The van der Waals surface area contributed by atoms with Crippen molar-refractivity contribution in [3.05, 3.63) is 0 Å². The molecule has 0 aromatic carbocycles. The van der Waals surface area contributed by atoms with Crippen LogP contribution in [-0.4, -0.2) is 30.3 Å². The predicted molar refractivity (Wildman–Crippen MR) is 63.7 cm³/mol. The summed E-state index contributed by atoms with van der Waals surface area (Å²) in [5.41, 5.74) is 6.51. The SMILES string of the molecule is CC1(C)CCC(CN)(NCCCO)CC1. The fourth-order valence-electron chi connectivity index (χ4n) is 2.29. The number of hydrogen-bond donors (Lipinski definition) is 3. The molecule has 1 saturated carbocycles. The molecular weight excluding hydrogens is 188 g/mol. The van der Waals surface area contributed by atoms with E-state index in [0.717, 1.165) is 13.0 Å². The van der Waals surface area contributed by atoms with Crippen molar-refractivity contribution in [2.24, 2.45) is 11.1 Å². The Balaban J connectivity index is 2.41. The maximum Gasteiger partial charge on any atom is 0.0443 e. The van der Waals surface area contributed by atoms with Gasteiger partial charge in [-0.05, 0) is 44.1 Å². The second-order valence-corrected chi connectivity index (χ2v) is 5.65. The second kappa shape index (κ2) is 5.28. The molecule has 0 aromatic rings. The van der Waals surface area contributed by atoms with Gasteiger partial charge in [0.1, 0.15) is 0 Å². The summed E-state index contributed by atoms with van der Waals surface area (Å²) >= 11 is 0. The molecule has 4 N–H and O–H groups in total. The maximum atomic E-state index is 8.76. The Labute approximate surface area is 93.4 Å². The lowest BCUT2D eigenvalue weighted by Crippen LogP contribution is -2.54. The van der Waals surface area contributed by atoms with Gasteiger partial charge in [-0.1, -0.05) is 13.8 Å². The first kappa shape index (κ1) is 12.9. The molecule has 3 nitrogen and oxygen atoms in total. The highest BCUT2D eigenvalue weighted by atomic mass is 16.3. The Hall–Kier alpha value is -0.120. The zero-order chi connectivity index (χ0) is 11.4. The lowest BCUT2D eigenvalue weighted by atomic mass is 9.69. The first-order valence-electron chi connectivity index (χ1n) is 6.10. The van der Waals surface area contributed by atoms with Crippen LogP contribution in [-0.2, 0) is 0 Å². The molecule has 3 heteroatoms. The van der Waals surface area contributed by atoms with Crippen LogP contribution in [0.2, 0.25) is 0 Å². The minimum absolute atomic E-state index is 0.144. The van der Waals surface area contributed by atoms with E-state index in [9.17, 15) is 0 Å². The zero-order valence-electron chi connectivity index (χ0n) is 10.2. The van der Waals surface area contributed by atoms with Crippen molar-refractivity contribution in [1.82, 2.24) is 5.32 Å². The van der Waals surface area contributed by atoms with E-state index in [2.05, 4.69) is 19.2 Å². The van der Waals surface area contributed by atoms with Gasteiger partial charge in [0.15, 0.2) is 0 Å². The van der Waals surface area contributed by atoms with Gasteiger partial charge in [-0.25, -0.2) is 0 Å². The van der Waals surface area contributed by atoms with Gasteiger partial charge in [-0.3, -0.25) is 0 Å². The Kier molecular flexibility index (Phi) is 4.56. The fraction of sp³-hybridized carbons (Fsp3) is 1.00. The summed E-state index contributed by atoms with van der Waals surface area (Å²) in [5, 5.41) is 12.3. The van der Waals surface area contributed by atoms with Crippen molar-refractivity contribution in [1.29, 1.82) is 0 Å². The van der Waals surface area contributed by atoms with E-state index < -0.39 is 0 Å². The van der Waals surface area contributed by atoms with Crippen LogP contribution in [0.15, 0.2) is 0 Å². The highest BCUT2D eigenvalue weighted by Crippen LogP contribution is 2.39. The Morgan fingerprint density at radius 2 is 1.80 bits per heavy atom. The third kappa shape index (κ3) is 3.74. The number of nitrogens with one attached hydrogen (secondary N) is 1. The molecule has 1 aliphatic rings. The number of nitrogens with two attached hydrogens (primary N) is 1. The zero-order valence-corrected chi connectivity index (χ0v) is 10.2. The van der Waals surface area contributed by atoms with Crippen molar-refractivity contribution in [3.63, 3.8) is 0 Å². The molecule has 90 valence electrons. The van der Waals surface area contributed by atoms with Crippen molar-refractivity contribution in [2.45, 2.75) is 51.5 Å². The Morgan fingerprint density at radius 1 is 1.20 bits per heavy atom. The molecule has 0 saturated heterocycles. The molecular formula is C12H26N2O. The molecule has 0 bridgehead atoms. The average molecular weight is 214 g/mol. The van der Waals surface area contributed by atoms with Gasteiger partial charge in [0.05, 0.1) is 0 Å². The topological polar surface area (TPSA) is 58.3 Å². The van der Waals surface area contributed by atoms with E-state index in [1.807, 2.05) is 0 Å². The summed E-state index contributed by atoms with van der Waals surface area (Å²) in [4.78, 5) is 0. The number of aliphatic hydroxyl groups excluding tert-OH is 1. The molecule has 0 heterocycles. The van der Waals surface area contributed by atoms with E-state index in [4.69, 9.17) is 10.8 Å². The van der Waals surface area contributed by atoms with Gasteiger partial charge in [0.25, 0.3) is 0 Å². The van der Waals surface area contributed by atoms with Crippen molar-refractivity contribution in [3.8, 4) is 0 Å². The van der Waals surface area contributed by atoms with Crippen LogP contribution in [0.25, 0.3) is 0 Å². The number of aliphatic hydroxyl groups is 1. The first-order chi connectivity index (χ1) is 7.04. The Morgan fingerprint density at radius 3 is 2.27 bits per heavy atom. The van der Waals surface area contributed by atoms with Crippen LogP contribution in [0, 0.1) is 5.41 Å². The van der Waals surface area contributed by atoms with E-state index in [-0.39, 0.29) is 12.1 Å². The van der Waals surface area contributed by atoms with E-state index in [0.29, 0.717) is 12.0 Å². The van der Waals surface area contributed by atoms with Crippen molar-refractivity contribution < 1.29 is 5.11 Å². The average Bonchev–Trinajstić information content (AvgIpc) is 2.22. The maximum absolute atomic E-state index is 8.76. The van der Waals surface area contributed by atoms with Crippen LogP contribution in [0.1, 0.15) is 46.0 Å². The molecule has 0 atom stereocenters. The summed E-state index contributed by atoms with van der Waals surface area (Å²) < 4.78 is 0. The second-order valence-electron chi connectivity index (χ2n) is 5.65. The van der Waals surface area contributed by atoms with Gasteiger partial charge in [-0.2, -0.15) is 0 Å². The van der Waals surface area contributed by atoms with Crippen molar-refractivity contribution in [2.75, 3.05) is 19.7 Å². The summed E-state index contributed by atoms with van der Waals surface area (Å²) in [6.07, 6.45) is 5.65. The minimum atomic E-state index is 0.144. The lowest BCUT2D eigenvalue weighted by molar-refractivity contribution is 0.137. The smallest absolute Gasteiger partial charge is 0.0443 e. The van der Waals surface area contributed by atoms with Gasteiger partial charge in [-0.15, -0.1) is 0 Å². The largest absolute Gasteiger partial charge is 0.396 e. The molecule has 0 amide bonds. The predicted octanol–water partition coefficient (Wildman–Crippen LogP) is 1.26. The van der Waals surface area contributed by atoms with Gasteiger partial charge in [0.2, 0.25) is 0 Å². The van der Waals surface area contributed by atoms with Crippen LogP contribution >= 0.6 is 0 Å². The fourth-order valence-corrected chi connectivity index (χ4v) is 2.29. The molecule has 0 spiro atoms. The normalized spacial score (nSPS) is 24.0. The lowest BCUT2D eigenvalue weighted by Gasteiger charge is -2.43. The highest BCUT2D eigenvalue weighted by Gasteiger charge is 2.36. The van der Waals surface area contributed by atoms with Crippen LogP contribution < -0.4 is 11.1 Å². The van der Waals surface area contributed by atoms with Gasteiger partial charge in [0, 0.05) is 18.7 Å². The van der Waals surface area contributed by atoms with Crippen LogP contribution in [0.3, 0.4) is 0 Å². The Bertz CT molecular complexity index is 182. The van der Waals surface area contributed by atoms with E-state index in [1.54, 1.807) is 0 Å². The molecule has 15 heavy (non-hydrogen) atoms. The molecule has 1 fully saturated rings. The minimum Gasteiger partial charge on any atom is -0.396 e. The number of hydrogen-bond acceptors (Lipinski definition) is 3. The summed E-state index contributed by atoms with van der Waals surface area (Å²) in [6.45, 7) is 6.53. The van der Waals surface area contributed by atoms with E-state index >= 15 is 0 Å². The molecule has 0 aliphatic heterocycles. The van der Waals surface area contributed by atoms with Crippen molar-refractivity contribution >= 4 is 0 Å². The molecule has 0 unspecified atom stereocenters. The summed E-state index contributed by atoms with van der Waals surface area (Å²) in [6, 6.07) is 0. The monoisotopic (exact) mass is 214 g/mol. The molecule has 0 aromatic heterocycles. The van der Waals surface area contributed by atoms with Gasteiger partial charge < -0.3 is 16.2 Å². The van der Waals surface area contributed by atoms with Crippen LogP contribution in [0.5, 0.6) is 0 Å². The molecule has 0 radical (unpaired) electrons.